The number of ether oxygens (including phenoxy) is 1. The maximum absolute atomic E-state index is 12.2. The summed E-state index contributed by atoms with van der Waals surface area (Å²) < 4.78 is 6.11. The molecule has 0 amide bonds. The van der Waals surface area contributed by atoms with Crippen LogP contribution in [0.4, 0.5) is 22.5 Å². The number of nitro groups is 1. The zero-order valence-electron chi connectivity index (χ0n) is 17.2. The molecule has 3 heterocycles. The first-order valence-corrected chi connectivity index (χ1v) is 10.8. The van der Waals surface area contributed by atoms with Gasteiger partial charge in [0, 0.05) is 13.1 Å². The van der Waals surface area contributed by atoms with Crippen LogP contribution in [0.15, 0.2) is 24.5 Å². The Balaban J connectivity index is 1.64. The summed E-state index contributed by atoms with van der Waals surface area (Å²) in [7, 11) is 0. The average Bonchev–Trinajstić information content (AvgIpc) is 3.15. The van der Waals surface area contributed by atoms with Crippen molar-refractivity contribution in [3.05, 3.63) is 40.2 Å². The fourth-order valence-electron chi connectivity index (χ4n) is 3.67. The second kappa shape index (κ2) is 8.80. The van der Waals surface area contributed by atoms with Crippen LogP contribution in [0.5, 0.6) is 0 Å². The summed E-state index contributed by atoms with van der Waals surface area (Å²) in [6, 6.07) is 5.89. The molecule has 10 nitrogen and oxygen atoms in total. The molecule has 1 N–H and O–H groups in total. The Morgan fingerprint density at radius 1 is 1.42 bits per heavy atom. The van der Waals surface area contributed by atoms with Gasteiger partial charge >= 0.3 is 11.7 Å². The molecule has 0 saturated carbocycles. The number of hydrogen-bond acceptors (Lipinski definition) is 10. The highest BCUT2D eigenvalue weighted by Crippen LogP contribution is 2.37. The SMILES string of the molecule is CCOC(=O)C1CCCN(c2ncnc(Nc3nc4ccc(C)cc4s3)c2[N+](=O)[O-])C1. The molecule has 0 bridgehead atoms. The Morgan fingerprint density at radius 3 is 3.03 bits per heavy atom. The van der Waals surface area contributed by atoms with Gasteiger partial charge < -0.3 is 15.0 Å². The zero-order chi connectivity index (χ0) is 22.0. The van der Waals surface area contributed by atoms with Crippen LogP contribution in [-0.4, -0.2) is 45.5 Å². The van der Waals surface area contributed by atoms with Crippen LogP contribution in [0.1, 0.15) is 25.3 Å². The summed E-state index contributed by atoms with van der Waals surface area (Å²) in [5, 5.41) is 15.5. The van der Waals surface area contributed by atoms with E-state index in [4.69, 9.17) is 4.74 Å². The number of carbonyl (C=O) groups is 1. The maximum Gasteiger partial charge on any atom is 0.353 e. The number of piperidine rings is 1. The molecule has 1 saturated heterocycles. The van der Waals surface area contributed by atoms with Gasteiger partial charge in [-0.15, -0.1) is 0 Å². The van der Waals surface area contributed by atoms with E-state index >= 15 is 0 Å². The number of thiazole rings is 1. The van der Waals surface area contributed by atoms with E-state index in [0.717, 1.165) is 15.8 Å². The molecule has 1 atom stereocenters. The molecule has 1 aliphatic heterocycles. The van der Waals surface area contributed by atoms with Crippen molar-refractivity contribution >= 4 is 50.0 Å². The molecule has 2 aromatic heterocycles. The minimum Gasteiger partial charge on any atom is -0.466 e. The predicted molar refractivity (Wildman–Crippen MR) is 118 cm³/mol. The Labute approximate surface area is 182 Å². The third kappa shape index (κ3) is 4.41. The van der Waals surface area contributed by atoms with E-state index in [1.807, 2.05) is 25.1 Å². The van der Waals surface area contributed by atoms with Crippen molar-refractivity contribution in [2.24, 2.45) is 5.92 Å². The molecule has 0 aliphatic carbocycles. The number of esters is 1. The number of nitrogens with one attached hydrogen (secondary N) is 1. The standard InChI is InChI=1S/C20H22N6O4S/c1-3-30-19(27)13-5-4-8-25(10-13)18-16(26(28)29)17(21-11-22-18)24-20-23-14-7-6-12(2)9-15(14)31-20/h6-7,9,11,13H,3-5,8,10H2,1-2H3,(H,21,22,23,24). The zero-order valence-corrected chi connectivity index (χ0v) is 18.0. The van der Waals surface area contributed by atoms with Crippen LogP contribution in [0.2, 0.25) is 0 Å². The Hall–Kier alpha value is -3.34. The van der Waals surface area contributed by atoms with Gasteiger partial charge in [-0.3, -0.25) is 14.9 Å². The summed E-state index contributed by atoms with van der Waals surface area (Å²) >= 11 is 1.40. The summed E-state index contributed by atoms with van der Waals surface area (Å²) in [5.74, 6) is -0.364. The Kier molecular flexibility index (Phi) is 5.94. The summed E-state index contributed by atoms with van der Waals surface area (Å²) in [6.45, 7) is 4.94. The van der Waals surface area contributed by atoms with Crippen molar-refractivity contribution in [1.29, 1.82) is 0 Å². The Morgan fingerprint density at radius 2 is 2.26 bits per heavy atom. The number of nitrogens with zero attached hydrogens (tertiary/aromatic N) is 5. The highest BCUT2D eigenvalue weighted by Gasteiger charge is 2.33. The number of hydrogen-bond donors (Lipinski definition) is 1. The molecule has 162 valence electrons. The van der Waals surface area contributed by atoms with Crippen molar-refractivity contribution in [2.45, 2.75) is 26.7 Å². The molecule has 0 radical (unpaired) electrons. The van der Waals surface area contributed by atoms with Gasteiger partial charge in [-0.2, -0.15) is 0 Å². The maximum atomic E-state index is 12.2. The Bertz CT molecular complexity index is 1130. The second-order valence-corrected chi connectivity index (χ2v) is 8.33. The van der Waals surface area contributed by atoms with Gasteiger partial charge in [-0.25, -0.2) is 15.0 Å². The lowest BCUT2D eigenvalue weighted by Crippen LogP contribution is -2.40. The van der Waals surface area contributed by atoms with Crippen LogP contribution >= 0.6 is 11.3 Å². The minimum atomic E-state index is -0.497. The first kappa shape index (κ1) is 20.9. The van der Waals surface area contributed by atoms with Gasteiger partial charge in [0.1, 0.15) is 6.33 Å². The molecule has 0 spiro atoms. The van der Waals surface area contributed by atoms with Crippen molar-refractivity contribution < 1.29 is 14.5 Å². The molecule has 1 aromatic carbocycles. The van der Waals surface area contributed by atoms with Crippen LogP contribution in [-0.2, 0) is 9.53 Å². The van der Waals surface area contributed by atoms with E-state index in [-0.39, 0.29) is 29.2 Å². The number of benzene rings is 1. The van der Waals surface area contributed by atoms with E-state index in [1.165, 1.54) is 17.7 Å². The fraction of sp³-hybridized carbons (Fsp3) is 0.400. The normalized spacial score (nSPS) is 16.3. The quantitative estimate of drug-likeness (QED) is 0.344. The fourth-order valence-corrected chi connectivity index (χ4v) is 4.63. The molecular formula is C20H22N6O4S. The minimum absolute atomic E-state index is 0.0732. The van der Waals surface area contributed by atoms with Crippen molar-refractivity contribution in [3.63, 3.8) is 0 Å². The molecule has 11 heteroatoms. The highest BCUT2D eigenvalue weighted by atomic mass is 32.1. The van der Waals surface area contributed by atoms with E-state index < -0.39 is 4.92 Å². The van der Waals surface area contributed by atoms with Gasteiger partial charge in [-0.05, 0) is 44.4 Å². The average molecular weight is 443 g/mol. The van der Waals surface area contributed by atoms with Gasteiger partial charge in [0.05, 0.1) is 27.7 Å². The first-order valence-electron chi connectivity index (χ1n) is 10.0. The molecule has 1 aliphatic rings. The molecule has 1 unspecified atom stereocenters. The third-order valence-corrected chi connectivity index (χ3v) is 6.03. The van der Waals surface area contributed by atoms with Crippen molar-refractivity contribution in [3.8, 4) is 0 Å². The molecular weight excluding hydrogens is 420 g/mol. The lowest BCUT2D eigenvalue weighted by molar-refractivity contribution is -0.383. The summed E-state index contributed by atoms with van der Waals surface area (Å²) in [5.41, 5.74) is 1.69. The number of carbonyl (C=O) groups excluding carboxylic acids is 1. The predicted octanol–water partition coefficient (Wildman–Crippen LogP) is 3.83. The number of fused-ring (bicyclic) bond motifs is 1. The smallest absolute Gasteiger partial charge is 0.353 e. The monoisotopic (exact) mass is 442 g/mol. The van der Waals surface area contributed by atoms with Crippen molar-refractivity contribution in [1.82, 2.24) is 15.0 Å². The number of anilines is 3. The molecule has 1 fully saturated rings. The van der Waals surface area contributed by atoms with Gasteiger partial charge in [0.15, 0.2) is 5.13 Å². The lowest BCUT2D eigenvalue weighted by atomic mass is 9.98. The van der Waals surface area contributed by atoms with E-state index in [0.29, 0.717) is 37.7 Å². The molecule has 3 aromatic rings. The molecule has 31 heavy (non-hydrogen) atoms. The largest absolute Gasteiger partial charge is 0.466 e. The van der Waals surface area contributed by atoms with Crippen LogP contribution in [0, 0.1) is 23.0 Å². The summed E-state index contributed by atoms with van der Waals surface area (Å²) in [4.78, 5) is 38.2. The molecule has 4 rings (SSSR count). The third-order valence-electron chi connectivity index (χ3n) is 5.10. The lowest BCUT2D eigenvalue weighted by Gasteiger charge is -2.32. The van der Waals surface area contributed by atoms with Gasteiger partial charge in [0.25, 0.3) is 0 Å². The summed E-state index contributed by atoms with van der Waals surface area (Å²) in [6.07, 6.45) is 2.69. The van der Waals surface area contributed by atoms with Crippen LogP contribution < -0.4 is 10.2 Å². The topological polar surface area (TPSA) is 123 Å². The van der Waals surface area contributed by atoms with E-state index in [1.54, 1.807) is 11.8 Å². The van der Waals surface area contributed by atoms with Crippen LogP contribution in [0.3, 0.4) is 0 Å². The second-order valence-electron chi connectivity index (χ2n) is 7.30. The number of aromatic nitrogens is 3. The number of aryl methyl sites for hydroxylation is 1. The van der Waals surface area contributed by atoms with E-state index in [9.17, 15) is 14.9 Å². The highest BCUT2D eigenvalue weighted by molar-refractivity contribution is 7.22. The van der Waals surface area contributed by atoms with E-state index in [2.05, 4.69) is 20.3 Å². The number of rotatable bonds is 6. The van der Waals surface area contributed by atoms with Crippen LogP contribution in [0.25, 0.3) is 10.2 Å². The first-order chi connectivity index (χ1) is 15.0. The van der Waals surface area contributed by atoms with Gasteiger partial charge in [-0.1, -0.05) is 17.4 Å². The van der Waals surface area contributed by atoms with Gasteiger partial charge in [0.2, 0.25) is 11.6 Å². The van der Waals surface area contributed by atoms with Crippen molar-refractivity contribution in [2.75, 3.05) is 29.9 Å².